The molecular weight excluding hydrogens is 254 g/mol. The minimum absolute atomic E-state index is 0.349. The number of nitrogens with two attached hydrogens (primary N) is 1. The van der Waals surface area contributed by atoms with E-state index in [2.05, 4.69) is 11.1 Å². The van der Waals surface area contributed by atoms with Crippen molar-refractivity contribution in [3.05, 3.63) is 47.7 Å². The van der Waals surface area contributed by atoms with Crippen molar-refractivity contribution in [2.45, 2.75) is 6.42 Å². The lowest BCUT2D eigenvalue weighted by atomic mass is 10.2. The van der Waals surface area contributed by atoms with Crippen LogP contribution >= 0.6 is 0 Å². The Labute approximate surface area is 117 Å². The third-order valence-electron chi connectivity index (χ3n) is 3.52. The summed E-state index contributed by atoms with van der Waals surface area (Å²) in [5.74, 6) is 0.163. The molecule has 0 saturated carbocycles. The van der Waals surface area contributed by atoms with Gasteiger partial charge in [0, 0.05) is 18.4 Å². The second kappa shape index (κ2) is 4.85. The number of benzene rings is 1. The van der Waals surface area contributed by atoms with Gasteiger partial charge in [-0.3, -0.25) is 0 Å². The molecule has 0 bridgehead atoms. The Hall–Kier alpha value is -2.56. The molecule has 0 aliphatic carbocycles. The van der Waals surface area contributed by atoms with Crippen molar-refractivity contribution >= 4 is 23.2 Å². The summed E-state index contributed by atoms with van der Waals surface area (Å²) in [6, 6.07) is 9.71. The molecule has 2 N–H and O–H groups in total. The number of aromatic nitrogens is 1. The monoisotopic (exact) mass is 269 g/mol. The third kappa shape index (κ3) is 1.87. The van der Waals surface area contributed by atoms with Crippen LogP contribution in [0.1, 0.15) is 15.9 Å². The topological polar surface area (TPSA) is 68.5 Å². The van der Waals surface area contributed by atoms with Crippen LogP contribution in [-0.2, 0) is 11.2 Å². The predicted molar refractivity (Wildman–Crippen MR) is 77.1 cm³/mol. The number of nitrogen functional groups attached to an aromatic ring is 1. The minimum atomic E-state index is -0.446. The van der Waals surface area contributed by atoms with Gasteiger partial charge in [-0.25, -0.2) is 9.78 Å². The molecule has 0 radical (unpaired) electrons. The van der Waals surface area contributed by atoms with Crippen molar-refractivity contribution in [2.24, 2.45) is 0 Å². The van der Waals surface area contributed by atoms with Crippen molar-refractivity contribution in [3.63, 3.8) is 0 Å². The van der Waals surface area contributed by atoms with E-state index < -0.39 is 5.97 Å². The molecule has 0 saturated heterocycles. The van der Waals surface area contributed by atoms with Crippen LogP contribution in [0.15, 0.2) is 36.5 Å². The van der Waals surface area contributed by atoms with Gasteiger partial charge < -0.3 is 15.4 Å². The summed E-state index contributed by atoms with van der Waals surface area (Å²) in [7, 11) is 1.34. The van der Waals surface area contributed by atoms with E-state index in [1.54, 1.807) is 12.3 Å². The van der Waals surface area contributed by atoms with Gasteiger partial charge in [-0.05, 0) is 24.1 Å². The smallest absolute Gasteiger partial charge is 0.340 e. The molecule has 20 heavy (non-hydrogen) atoms. The van der Waals surface area contributed by atoms with Gasteiger partial charge in [-0.1, -0.05) is 18.2 Å². The van der Waals surface area contributed by atoms with Crippen LogP contribution in [0.2, 0.25) is 0 Å². The first-order valence-electron chi connectivity index (χ1n) is 6.40. The number of pyridine rings is 1. The fraction of sp³-hybridized carbons (Fsp3) is 0.200. The van der Waals surface area contributed by atoms with Crippen LogP contribution in [0.4, 0.5) is 17.2 Å². The number of hydrogen-bond acceptors (Lipinski definition) is 5. The zero-order valence-electron chi connectivity index (χ0n) is 11.2. The lowest BCUT2D eigenvalue weighted by Crippen LogP contribution is -2.18. The maximum absolute atomic E-state index is 11.7. The average molecular weight is 269 g/mol. The van der Waals surface area contributed by atoms with Crippen molar-refractivity contribution in [1.29, 1.82) is 0 Å². The van der Waals surface area contributed by atoms with Crippen LogP contribution in [0, 0.1) is 0 Å². The summed E-state index contributed by atoms with van der Waals surface area (Å²) < 4.78 is 4.74. The standard InChI is InChI=1S/C15H15N3O2/c1-20-15(19)11-6-8-17-14(13(11)16)18-9-7-10-4-2-3-5-12(10)18/h2-6,8H,7,9,16H2,1H3. The number of hydrogen-bond donors (Lipinski definition) is 1. The van der Waals surface area contributed by atoms with E-state index in [1.165, 1.54) is 12.7 Å². The zero-order valence-corrected chi connectivity index (χ0v) is 11.2. The number of fused-ring (bicyclic) bond motifs is 1. The van der Waals surface area contributed by atoms with Gasteiger partial charge in [0.1, 0.15) is 0 Å². The highest BCUT2D eigenvalue weighted by molar-refractivity contribution is 5.98. The third-order valence-corrected chi connectivity index (χ3v) is 3.52. The predicted octanol–water partition coefficient (Wildman–Crippen LogP) is 2.14. The van der Waals surface area contributed by atoms with E-state index in [0.717, 1.165) is 18.7 Å². The fourth-order valence-electron chi connectivity index (χ4n) is 2.52. The van der Waals surface area contributed by atoms with E-state index in [-0.39, 0.29) is 0 Å². The molecule has 5 nitrogen and oxygen atoms in total. The summed E-state index contributed by atoms with van der Waals surface area (Å²) in [6.07, 6.45) is 2.53. The SMILES string of the molecule is COC(=O)c1ccnc(N2CCc3ccccc32)c1N. The highest BCUT2D eigenvalue weighted by atomic mass is 16.5. The van der Waals surface area contributed by atoms with Gasteiger partial charge in [0.25, 0.3) is 0 Å². The lowest BCUT2D eigenvalue weighted by molar-refractivity contribution is 0.0602. The molecule has 0 unspecified atom stereocenters. The Kier molecular flexibility index (Phi) is 3.02. The summed E-state index contributed by atoms with van der Waals surface area (Å²) in [4.78, 5) is 18.1. The first-order valence-corrected chi connectivity index (χ1v) is 6.40. The second-order valence-corrected chi connectivity index (χ2v) is 4.62. The van der Waals surface area contributed by atoms with Gasteiger partial charge in [0.15, 0.2) is 5.82 Å². The van der Waals surface area contributed by atoms with Crippen LogP contribution in [0.5, 0.6) is 0 Å². The van der Waals surface area contributed by atoms with Crippen LogP contribution in [0.3, 0.4) is 0 Å². The van der Waals surface area contributed by atoms with Crippen molar-refractivity contribution in [1.82, 2.24) is 4.98 Å². The molecule has 1 aliphatic rings. The maximum Gasteiger partial charge on any atom is 0.340 e. The maximum atomic E-state index is 11.7. The van der Waals surface area contributed by atoms with Gasteiger partial charge in [-0.2, -0.15) is 0 Å². The molecule has 1 aromatic heterocycles. The molecule has 2 heterocycles. The number of carbonyl (C=O) groups is 1. The number of esters is 1. The fourth-order valence-corrected chi connectivity index (χ4v) is 2.52. The van der Waals surface area contributed by atoms with Crippen LogP contribution < -0.4 is 10.6 Å². The van der Waals surface area contributed by atoms with E-state index in [9.17, 15) is 4.79 Å². The molecule has 0 amide bonds. The first kappa shape index (κ1) is 12.5. The molecule has 0 spiro atoms. The molecule has 5 heteroatoms. The molecule has 1 aliphatic heterocycles. The van der Waals surface area contributed by atoms with E-state index in [0.29, 0.717) is 17.1 Å². The zero-order chi connectivity index (χ0) is 14.1. The summed E-state index contributed by atoms with van der Waals surface area (Å²) >= 11 is 0. The Morgan fingerprint density at radius 3 is 2.95 bits per heavy atom. The Morgan fingerprint density at radius 1 is 1.35 bits per heavy atom. The number of carbonyl (C=O) groups excluding carboxylic acids is 1. The number of ether oxygens (including phenoxy) is 1. The Morgan fingerprint density at radius 2 is 2.15 bits per heavy atom. The summed E-state index contributed by atoms with van der Waals surface area (Å²) in [5.41, 5.74) is 9.15. The van der Waals surface area contributed by atoms with Crippen molar-refractivity contribution in [3.8, 4) is 0 Å². The highest BCUT2D eigenvalue weighted by Gasteiger charge is 2.24. The highest BCUT2D eigenvalue weighted by Crippen LogP contribution is 2.36. The molecule has 2 aromatic rings. The van der Waals surface area contributed by atoms with E-state index >= 15 is 0 Å². The summed E-state index contributed by atoms with van der Waals surface area (Å²) in [5, 5.41) is 0. The van der Waals surface area contributed by atoms with Crippen molar-refractivity contribution in [2.75, 3.05) is 24.3 Å². The van der Waals surface area contributed by atoms with Gasteiger partial charge in [0.2, 0.25) is 0 Å². The van der Waals surface area contributed by atoms with Crippen LogP contribution in [0.25, 0.3) is 0 Å². The quantitative estimate of drug-likeness (QED) is 0.846. The lowest BCUT2D eigenvalue weighted by Gasteiger charge is -2.20. The number of para-hydroxylation sites is 1. The van der Waals surface area contributed by atoms with Crippen molar-refractivity contribution < 1.29 is 9.53 Å². The molecule has 0 atom stereocenters. The van der Waals surface area contributed by atoms with Gasteiger partial charge in [-0.15, -0.1) is 0 Å². The molecule has 0 fully saturated rings. The van der Waals surface area contributed by atoms with E-state index in [4.69, 9.17) is 10.5 Å². The number of methoxy groups -OCH3 is 1. The van der Waals surface area contributed by atoms with Gasteiger partial charge >= 0.3 is 5.97 Å². The largest absolute Gasteiger partial charge is 0.465 e. The number of nitrogens with zero attached hydrogens (tertiary/aromatic N) is 2. The van der Waals surface area contributed by atoms with E-state index in [1.807, 2.05) is 23.1 Å². The van der Waals surface area contributed by atoms with Gasteiger partial charge in [0.05, 0.1) is 18.4 Å². The molecule has 3 rings (SSSR count). The molecule has 1 aromatic carbocycles. The second-order valence-electron chi connectivity index (χ2n) is 4.62. The molecular formula is C15H15N3O2. The first-order chi connectivity index (χ1) is 9.72. The van der Waals surface area contributed by atoms with Crippen LogP contribution in [-0.4, -0.2) is 24.6 Å². The Balaban J connectivity index is 2.06. The number of rotatable bonds is 2. The Bertz CT molecular complexity index is 670. The summed E-state index contributed by atoms with van der Waals surface area (Å²) in [6.45, 7) is 0.807. The normalized spacial score (nSPS) is 13.2. The number of anilines is 3. The minimum Gasteiger partial charge on any atom is -0.465 e. The average Bonchev–Trinajstić information content (AvgIpc) is 2.90. The molecule has 102 valence electrons.